The third-order valence-corrected chi connectivity index (χ3v) is 14.6. The summed E-state index contributed by atoms with van der Waals surface area (Å²) in [5, 5.41) is 8.46. The number of aromatic nitrogens is 1. The minimum absolute atomic E-state index is 1.10. The lowest BCUT2D eigenvalue weighted by Crippen LogP contribution is -2.09. The number of rotatable bonds is 18. The van der Waals surface area contributed by atoms with Crippen LogP contribution in [0.3, 0.4) is 0 Å². The lowest BCUT2D eigenvalue weighted by Gasteiger charge is -2.26. The molecule has 0 saturated heterocycles. The van der Waals surface area contributed by atoms with Gasteiger partial charge in [0, 0.05) is 61.0 Å². The Balaban J connectivity index is 1.07. The van der Waals surface area contributed by atoms with Crippen molar-refractivity contribution in [3.8, 4) is 16.8 Å². The first-order valence-corrected chi connectivity index (χ1v) is 26.3. The van der Waals surface area contributed by atoms with Crippen LogP contribution in [0, 0.1) is 0 Å². The van der Waals surface area contributed by atoms with Crippen LogP contribution in [0.15, 0.2) is 231 Å². The number of halogens is 1. The largest absolute Gasteiger partial charge is 0.310 e. The van der Waals surface area contributed by atoms with Gasteiger partial charge in [0.1, 0.15) is 0 Å². The van der Waals surface area contributed by atoms with E-state index in [1.807, 2.05) is 0 Å². The summed E-state index contributed by atoms with van der Waals surface area (Å²) in [6.45, 7) is 0. The zero-order valence-electron chi connectivity index (χ0n) is 39.7. The SMILES string of the molecule is BrCCCCCCCCCCc1ccc(-c2c3ccccc3c(-n3c4ccc(N(c5ccccc5)c5ccccc5)cc4c4cc(N(c5ccccc5)c5ccccc5)ccc43)c3ccccc23)cc1. The maximum atomic E-state index is 3.57. The monoisotopic (exact) mass is 971 g/mol. The third-order valence-electron chi connectivity index (χ3n) is 14.0. The smallest absolute Gasteiger partial charge is 0.0619 e. The average molecular weight is 973 g/mol. The topological polar surface area (TPSA) is 11.4 Å². The molecule has 0 aliphatic heterocycles. The second-order valence-electron chi connectivity index (χ2n) is 18.5. The quantitative estimate of drug-likeness (QED) is 0.0482. The van der Waals surface area contributed by atoms with Crippen LogP contribution in [0.1, 0.15) is 56.9 Å². The fourth-order valence-electron chi connectivity index (χ4n) is 10.7. The van der Waals surface area contributed by atoms with Gasteiger partial charge < -0.3 is 14.4 Å². The van der Waals surface area contributed by atoms with E-state index in [0.29, 0.717) is 0 Å². The molecular formula is C66H58BrN3. The number of alkyl halides is 1. The number of hydrogen-bond donors (Lipinski definition) is 0. The third kappa shape index (κ3) is 9.12. The number of unbranched alkanes of at least 4 members (excludes halogenated alkanes) is 7. The molecule has 70 heavy (non-hydrogen) atoms. The summed E-state index contributed by atoms with van der Waals surface area (Å²) in [5.41, 5.74) is 14.1. The molecule has 0 aliphatic rings. The van der Waals surface area contributed by atoms with Crippen LogP contribution < -0.4 is 9.80 Å². The molecule has 10 aromatic carbocycles. The molecule has 0 radical (unpaired) electrons. The van der Waals surface area contributed by atoms with E-state index in [1.165, 1.54) is 106 Å². The molecule has 0 saturated carbocycles. The van der Waals surface area contributed by atoms with E-state index in [4.69, 9.17) is 0 Å². The lowest BCUT2D eigenvalue weighted by molar-refractivity contribution is 0.577. The fraction of sp³-hybridized carbons (Fsp3) is 0.152. The molecule has 11 aromatic rings. The second-order valence-corrected chi connectivity index (χ2v) is 19.3. The molecule has 1 aromatic heterocycles. The van der Waals surface area contributed by atoms with Gasteiger partial charge in [-0.15, -0.1) is 0 Å². The van der Waals surface area contributed by atoms with E-state index in [-0.39, 0.29) is 0 Å². The van der Waals surface area contributed by atoms with Gasteiger partial charge in [-0.1, -0.05) is 200 Å². The Labute approximate surface area is 421 Å². The molecule has 0 bridgehead atoms. The summed E-state index contributed by atoms with van der Waals surface area (Å²) in [6, 6.07) is 84.6. The highest BCUT2D eigenvalue weighted by molar-refractivity contribution is 9.09. The summed E-state index contributed by atoms with van der Waals surface area (Å²) in [6.07, 6.45) is 11.8. The van der Waals surface area contributed by atoms with Gasteiger partial charge in [-0.25, -0.2) is 0 Å². The zero-order valence-corrected chi connectivity index (χ0v) is 41.3. The Hall–Kier alpha value is -7.40. The van der Waals surface area contributed by atoms with Crippen LogP contribution in [-0.4, -0.2) is 9.90 Å². The summed E-state index contributed by atoms with van der Waals surface area (Å²) < 4.78 is 2.55. The van der Waals surface area contributed by atoms with Crippen LogP contribution in [0.2, 0.25) is 0 Å². The molecule has 0 fully saturated rings. The molecule has 11 rings (SSSR count). The maximum absolute atomic E-state index is 3.57. The molecule has 0 amide bonds. The minimum atomic E-state index is 1.10. The molecule has 3 nitrogen and oxygen atoms in total. The van der Waals surface area contributed by atoms with E-state index < -0.39 is 0 Å². The van der Waals surface area contributed by atoms with Crippen LogP contribution >= 0.6 is 15.9 Å². The van der Waals surface area contributed by atoms with Crippen molar-refractivity contribution < 1.29 is 0 Å². The van der Waals surface area contributed by atoms with Gasteiger partial charge in [0.15, 0.2) is 0 Å². The Morgan fingerprint density at radius 1 is 0.314 bits per heavy atom. The first kappa shape index (κ1) is 45.1. The number of aryl methyl sites for hydroxylation is 1. The molecule has 0 unspecified atom stereocenters. The molecule has 344 valence electrons. The molecule has 0 aliphatic carbocycles. The molecule has 4 heteroatoms. The van der Waals surface area contributed by atoms with Crippen LogP contribution in [-0.2, 0) is 6.42 Å². The molecule has 0 N–H and O–H groups in total. The summed E-state index contributed by atoms with van der Waals surface area (Å²) >= 11 is 3.57. The van der Waals surface area contributed by atoms with E-state index in [0.717, 1.165) is 56.9 Å². The average Bonchev–Trinajstić information content (AvgIpc) is 3.73. The summed E-state index contributed by atoms with van der Waals surface area (Å²) in [5.74, 6) is 0. The molecular weight excluding hydrogens is 915 g/mol. The van der Waals surface area contributed by atoms with Crippen molar-refractivity contribution in [2.45, 2.75) is 57.8 Å². The number of anilines is 6. The Morgan fingerprint density at radius 3 is 1.10 bits per heavy atom. The van der Waals surface area contributed by atoms with Crippen molar-refractivity contribution >= 4 is 93.4 Å². The van der Waals surface area contributed by atoms with Gasteiger partial charge in [-0.2, -0.15) is 0 Å². The van der Waals surface area contributed by atoms with Gasteiger partial charge in [0.05, 0.1) is 16.7 Å². The fourth-order valence-corrected chi connectivity index (χ4v) is 11.1. The van der Waals surface area contributed by atoms with Gasteiger partial charge in [0.25, 0.3) is 0 Å². The Morgan fingerprint density at radius 2 is 0.686 bits per heavy atom. The van der Waals surface area contributed by atoms with Gasteiger partial charge in [0.2, 0.25) is 0 Å². The predicted molar refractivity (Wildman–Crippen MR) is 305 cm³/mol. The van der Waals surface area contributed by atoms with E-state index in [1.54, 1.807) is 0 Å². The Bertz CT molecular complexity index is 3220. The van der Waals surface area contributed by atoms with E-state index in [9.17, 15) is 0 Å². The second kappa shape index (κ2) is 21.1. The zero-order chi connectivity index (χ0) is 47.1. The normalized spacial score (nSPS) is 11.5. The number of para-hydroxylation sites is 4. The van der Waals surface area contributed by atoms with E-state index in [2.05, 4.69) is 261 Å². The number of nitrogens with zero attached hydrogens (tertiary/aromatic N) is 3. The summed E-state index contributed by atoms with van der Waals surface area (Å²) in [4.78, 5) is 4.74. The standard InChI is InChI=1S/C66H58BrN3/c67-46-24-6-4-2-1-3-5-11-25-49-38-40-50(41-39-49)65-57-34-20-22-36-59(57)66(60-37-23-21-35-58(60)65)70-63-44-42-55(68(51-26-12-7-13-27-51)52-28-14-8-15-29-52)47-61(63)62-48-56(43-45-64(62)70)69(53-30-16-9-17-31-53)54-32-18-10-19-33-54/h7-10,12-23,26-45,47-48H,1-6,11,24-25,46H2. The number of fused-ring (bicyclic) bond motifs is 5. The molecule has 0 spiro atoms. The predicted octanol–water partition coefficient (Wildman–Crippen LogP) is 19.8. The van der Waals surface area contributed by atoms with Crippen molar-refractivity contribution in [3.05, 3.63) is 236 Å². The van der Waals surface area contributed by atoms with Gasteiger partial charge >= 0.3 is 0 Å². The first-order chi connectivity index (χ1) is 34.7. The first-order valence-electron chi connectivity index (χ1n) is 25.2. The Kier molecular flexibility index (Phi) is 13.6. The highest BCUT2D eigenvalue weighted by atomic mass is 79.9. The van der Waals surface area contributed by atoms with E-state index >= 15 is 0 Å². The van der Waals surface area contributed by atoms with Crippen molar-refractivity contribution in [2.75, 3.05) is 15.1 Å². The van der Waals surface area contributed by atoms with Gasteiger partial charge in [-0.05, 0) is 132 Å². The minimum Gasteiger partial charge on any atom is -0.310 e. The van der Waals surface area contributed by atoms with Crippen molar-refractivity contribution in [3.63, 3.8) is 0 Å². The number of hydrogen-bond acceptors (Lipinski definition) is 2. The summed E-state index contributed by atoms with van der Waals surface area (Å²) in [7, 11) is 0. The molecule has 1 heterocycles. The maximum Gasteiger partial charge on any atom is 0.0619 e. The lowest BCUT2D eigenvalue weighted by atomic mass is 9.90. The van der Waals surface area contributed by atoms with Gasteiger partial charge in [-0.3, -0.25) is 0 Å². The highest BCUT2D eigenvalue weighted by Crippen LogP contribution is 2.47. The van der Waals surface area contributed by atoms with Crippen molar-refractivity contribution in [2.24, 2.45) is 0 Å². The van der Waals surface area contributed by atoms with Crippen LogP contribution in [0.5, 0.6) is 0 Å². The molecule has 0 atom stereocenters. The van der Waals surface area contributed by atoms with Crippen LogP contribution in [0.4, 0.5) is 34.1 Å². The van der Waals surface area contributed by atoms with Crippen molar-refractivity contribution in [1.29, 1.82) is 0 Å². The van der Waals surface area contributed by atoms with Crippen LogP contribution in [0.25, 0.3) is 60.2 Å². The number of benzene rings is 10. The van der Waals surface area contributed by atoms with Crippen molar-refractivity contribution in [1.82, 2.24) is 4.57 Å². The highest BCUT2D eigenvalue weighted by Gasteiger charge is 2.23.